The van der Waals surface area contributed by atoms with Crippen molar-refractivity contribution in [2.75, 3.05) is 0 Å². The molecule has 0 spiro atoms. The Labute approximate surface area is 116 Å². The molecule has 2 N–H and O–H groups in total. The molecule has 19 heavy (non-hydrogen) atoms. The fraction of sp³-hybridized carbons (Fsp3) is 0.0667. The number of hydrogen-bond acceptors (Lipinski definition) is 3. The van der Waals surface area contributed by atoms with Gasteiger partial charge in [0, 0.05) is 24.0 Å². The second kappa shape index (κ2) is 4.96. The molecule has 0 aliphatic heterocycles. The third-order valence-electron chi connectivity index (χ3n) is 3.12. The number of pyridine rings is 2. The molecule has 1 aromatic carbocycles. The Kier molecular flexibility index (Phi) is 3.15. The number of rotatable bonds is 2. The second-order valence-corrected chi connectivity index (χ2v) is 4.76. The summed E-state index contributed by atoms with van der Waals surface area (Å²) in [4.78, 5) is 8.41. The summed E-state index contributed by atoms with van der Waals surface area (Å²) in [6.45, 7) is 0. The molecule has 3 aromatic rings. The summed E-state index contributed by atoms with van der Waals surface area (Å²) >= 11 is 5.85. The molecule has 1 unspecified atom stereocenters. The quantitative estimate of drug-likeness (QED) is 0.776. The predicted molar refractivity (Wildman–Crippen MR) is 77.0 cm³/mol. The average Bonchev–Trinajstić information content (AvgIpc) is 2.47. The second-order valence-electron chi connectivity index (χ2n) is 4.32. The van der Waals surface area contributed by atoms with E-state index < -0.39 is 0 Å². The topological polar surface area (TPSA) is 51.8 Å². The van der Waals surface area contributed by atoms with Gasteiger partial charge in [0.2, 0.25) is 0 Å². The molecule has 94 valence electrons. The zero-order chi connectivity index (χ0) is 13.2. The Balaban J connectivity index is 2.11. The minimum Gasteiger partial charge on any atom is -0.319 e. The number of aromatic nitrogens is 2. The van der Waals surface area contributed by atoms with E-state index in [4.69, 9.17) is 17.3 Å². The van der Waals surface area contributed by atoms with Crippen LogP contribution in [0.4, 0.5) is 0 Å². The largest absolute Gasteiger partial charge is 0.319 e. The minimum atomic E-state index is -0.275. The van der Waals surface area contributed by atoms with Gasteiger partial charge in [-0.2, -0.15) is 0 Å². The van der Waals surface area contributed by atoms with Crippen LogP contribution in [0.5, 0.6) is 0 Å². The molecule has 0 saturated carbocycles. The summed E-state index contributed by atoms with van der Waals surface area (Å²) in [7, 11) is 0. The van der Waals surface area contributed by atoms with E-state index in [0.29, 0.717) is 5.02 Å². The number of nitrogens with two attached hydrogens (primary N) is 1. The van der Waals surface area contributed by atoms with Crippen molar-refractivity contribution in [1.82, 2.24) is 9.97 Å². The molecule has 0 aliphatic rings. The van der Waals surface area contributed by atoms with Crippen LogP contribution in [0.3, 0.4) is 0 Å². The third-order valence-corrected chi connectivity index (χ3v) is 3.34. The maximum atomic E-state index is 6.31. The van der Waals surface area contributed by atoms with Crippen molar-refractivity contribution in [1.29, 1.82) is 0 Å². The van der Waals surface area contributed by atoms with Crippen molar-refractivity contribution >= 4 is 22.4 Å². The van der Waals surface area contributed by atoms with Gasteiger partial charge in [0.25, 0.3) is 0 Å². The highest BCUT2D eigenvalue weighted by Crippen LogP contribution is 2.26. The fourth-order valence-corrected chi connectivity index (χ4v) is 2.26. The molecule has 2 heterocycles. The molecular formula is C15H12ClN3. The van der Waals surface area contributed by atoms with Crippen LogP contribution in [0, 0.1) is 0 Å². The molecule has 3 rings (SSSR count). The summed E-state index contributed by atoms with van der Waals surface area (Å²) < 4.78 is 0. The maximum Gasteiger partial charge on any atom is 0.0732 e. The molecule has 0 amide bonds. The lowest BCUT2D eigenvalue weighted by Crippen LogP contribution is -2.13. The van der Waals surface area contributed by atoms with Crippen molar-refractivity contribution in [3.63, 3.8) is 0 Å². The van der Waals surface area contributed by atoms with Gasteiger partial charge in [0.1, 0.15) is 0 Å². The first-order valence-corrected chi connectivity index (χ1v) is 6.33. The van der Waals surface area contributed by atoms with Crippen LogP contribution in [-0.4, -0.2) is 9.97 Å². The van der Waals surface area contributed by atoms with Crippen LogP contribution < -0.4 is 5.73 Å². The van der Waals surface area contributed by atoms with E-state index in [1.165, 1.54) is 0 Å². The SMILES string of the molecule is NC(c1ccc(Cl)cn1)c1cccc2cnccc12. The molecule has 0 aliphatic carbocycles. The Bertz CT molecular complexity index is 705. The highest BCUT2D eigenvalue weighted by atomic mass is 35.5. The summed E-state index contributed by atoms with van der Waals surface area (Å²) in [5.74, 6) is 0. The zero-order valence-electron chi connectivity index (χ0n) is 10.1. The Morgan fingerprint density at radius 1 is 1.05 bits per heavy atom. The standard InChI is InChI=1S/C15H12ClN3/c16-11-4-5-14(19-9-11)15(17)13-3-1-2-10-8-18-7-6-12(10)13/h1-9,15H,17H2. The number of benzene rings is 1. The molecule has 0 radical (unpaired) electrons. The first-order valence-electron chi connectivity index (χ1n) is 5.95. The monoisotopic (exact) mass is 269 g/mol. The van der Waals surface area contributed by atoms with E-state index >= 15 is 0 Å². The van der Waals surface area contributed by atoms with Crippen LogP contribution >= 0.6 is 11.6 Å². The van der Waals surface area contributed by atoms with Crippen LogP contribution in [0.1, 0.15) is 17.3 Å². The van der Waals surface area contributed by atoms with E-state index in [0.717, 1.165) is 22.0 Å². The van der Waals surface area contributed by atoms with Crippen LogP contribution in [0.25, 0.3) is 10.8 Å². The van der Waals surface area contributed by atoms with Crippen molar-refractivity contribution in [3.8, 4) is 0 Å². The summed E-state index contributed by atoms with van der Waals surface area (Å²) in [6.07, 6.45) is 5.22. The molecule has 1 atom stereocenters. The van der Waals surface area contributed by atoms with Gasteiger partial charge < -0.3 is 5.73 Å². The van der Waals surface area contributed by atoms with E-state index in [1.54, 1.807) is 18.5 Å². The highest BCUT2D eigenvalue weighted by molar-refractivity contribution is 6.30. The lowest BCUT2D eigenvalue weighted by Gasteiger charge is -2.14. The molecular weight excluding hydrogens is 258 g/mol. The van der Waals surface area contributed by atoms with E-state index in [1.807, 2.05) is 36.5 Å². The van der Waals surface area contributed by atoms with Crippen LogP contribution in [0.15, 0.2) is 55.0 Å². The zero-order valence-corrected chi connectivity index (χ0v) is 10.9. The first kappa shape index (κ1) is 12.1. The lowest BCUT2D eigenvalue weighted by molar-refractivity contribution is 0.836. The van der Waals surface area contributed by atoms with E-state index in [2.05, 4.69) is 9.97 Å². The van der Waals surface area contributed by atoms with Crippen LogP contribution in [0.2, 0.25) is 5.02 Å². The summed E-state index contributed by atoms with van der Waals surface area (Å²) in [5, 5.41) is 2.78. The summed E-state index contributed by atoms with van der Waals surface area (Å²) in [5.41, 5.74) is 8.14. The molecule has 2 aromatic heterocycles. The van der Waals surface area contributed by atoms with Gasteiger partial charge >= 0.3 is 0 Å². The molecule has 4 heteroatoms. The van der Waals surface area contributed by atoms with Crippen LogP contribution in [-0.2, 0) is 0 Å². The van der Waals surface area contributed by atoms with Crippen molar-refractivity contribution in [3.05, 3.63) is 71.3 Å². The molecule has 0 bridgehead atoms. The van der Waals surface area contributed by atoms with E-state index in [-0.39, 0.29) is 6.04 Å². The first-order chi connectivity index (χ1) is 9.25. The maximum absolute atomic E-state index is 6.31. The highest BCUT2D eigenvalue weighted by Gasteiger charge is 2.13. The average molecular weight is 270 g/mol. The van der Waals surface area contributed by atoms with Gasteiger partial charge in [-0.3, -0.25) is 9.97 Å². The van der Waals surface area contributed by atoms with Gasteiger partial charge in [-0.05, 0) is 29.1 Å². The van der Waals surface area contributed by atoms with Gasteiger partial charge in [0.15, 0.2) is 0 Å². The van der Waals surface area contributed by atoms with E-state index in [9.17, 15) is 0 Å². The Morgan fingerprint density at radius 2 is 1.95 bits per heavy atom. The number of fused-ring (bicyclic) bond motifs is 1. The van der Waals surface area contributed by atoms with Crippen molar-refractivity contribution in [2.24, 2.45) is 5.73 Å². The summed E-state index contributed by atoms with van der Waals surface area (Å²) in [6, 6.07) is 11.4. The van der Waals surface area contributed by atoms with Gasteiger partial charge in [-0.1, -0.05) is 29.8 Å². The number of halogens is 1. The molecule has 0 fully saturated rings. The third kappa shape index (κ3) is 2.30. The van der Waals surface area contributed by atoms with Crippen molar-refractivity contribution in [2.45, 2.75) is 6.04 Å². The Hall–Kier alpha value is -1.97. The normalized spacial score (nSPS) is 12.5. The smallest absolute Gasteiger partial charge is 0.0732 e. The van der Waals surface area contributed by atoms with Crippen molar-refractivity contribution < 1.29 is 0 Å². The molecule has 3 nitrogen and oxygen atoms in total. The van der Waals surface area contributed by atoms with Gasteiger partial charge in [-0.25, -0.2) is 0 Å². The molecule has 0 saturated heterocycles. The number of nitrogens with zero attached hydrogens (tertiary/aromatic N) is 2. The van der Waals surface area contributed by atoms with Gasteiger partial charge in [0.05, 0.1) is 16.8 Å². The lowest BCUT2D eigenvalue weighted by atomic mass is 9.98. The fourth-order valence-electron chi connectivity index (χ4n) is 2.15. The Morgan fingerprint density at radius 3 is 2.74 bits per heavy atom. The predicted octanol–water partition coefficient (Wildman–Crippen LogP) is 3.33. The van der Waals surface area contributed by atoms with Gasteiger partial charge in [-0.15, -0.1) is 0 Å². The minimum absolute atomic E-state index is 0.275. The number of hydrogen-bond donors (Lipinski definition) is 1.